The summed E-state index contributed by atoms with van der Waals surface area (Å²) in [4.78, 5) is 7.54. The fourth-order valence-electron chi connectivity index (χ4n) is 2.68. The fraction of sp³-hybridized carbons (Fsp3) is 0.769. The summed E-state index contributed by atoms with van der Waals surface area (Å²) in [6.45, 7) is 6.49. The van der Waals surface area contributed by atoms with E-state index in [-0.39, 0.29) is 0 Å². The van der Waals surface area contributed by atoms with Crippen LogP contribution < -0.4 is 5.32 Å². The molecule has 1 aromatic heterocycles. The third-order valence-corrected chi connectivity index (χ3v) is 3.39. The Hall–Kier alpha value is -0.870. The molecule has 0 aromatic carbocycles. The molecule has 3 unspecified atom stereocenters. The third kappa shape index (κ3) is 3.30. The van der Waals surface area contributed by atoms with E-state index < -0.39 is 0 Å². The Morgan fingerprint density at radius 2 is 2.18 bits per heavy atom. The van der Waals surface area contributed by atoms with Gasteiger partial charge in [0.2, 0.25) is 0 Å². The maximum absolute atomic E-state index is 5.76. The Labute approximate surface area is 103 Å². The van der Waals surface area contributed by atoms with Gasteiger partial charge in [-0.2, -0.15) is 0 Å². The Bertz CT molecular complexity index is 315. The lowest BCUT2D eigenvalue weighted by molar-refractivity contribution is -0.0438. The summed E-state index contributed by atoms with van der Waals surface area (Å²) in [5.41, 5.74) is 0. The first-order valence-electron chi connectivity index (χ1n) is 6.59. The van der Waals surface area contributed by atoms with Crippen molar-refractivity contribution in [1.29, 1.82) is 0 Å². The largest absolute Gasteiger partial charge is 0.375 e. The van der Waals surface area contributed by atoms with Gasteiger partial charge in [0.25, 0.3) is 0 Å². The summed E-state index contributed by atoms with van der Waals surface area (Å²) in [5, 5.41) is 3.70. The van der Waals surface area contributed by atoms with Gasteiger partial charge in [0.05, 0.1) is 18.2 Å². The molecule has 96 valence electrons. The molecule has 4 nitrogen and oxygen atoms in total. The van der Waals surface area contributed by atoms with E-state index in [2.05, 4.69) is 36.1 Å². The lowest BCUT2D eigenvalue weighted by Crippen LogP contribution is -2.42. The smallest absolute Gasteiger partial charge is 0.123 e. The molecule has 1 aliphatic rings. The van der Waals surface area contributed by atoms with Crippen LogP contribution in [0.25, 0.3) is 0 Å². The number of ether oxygens (including phenoxy) is 1. The highest BCUT2D eigenvalue weighted by atomic mass is 16.5. The Kier molecular flexibility index (Phi) is 4.18. The van der Waals surface area contributed by atoms with Gasteiger partial charge < -0.3 is 15.0 Å². The zero-order valence-corrected chi connectivity index (χ0v) is 10.9. The summed E-state index contributed by atoms with van der Waals surface area (Å²) < 4.78 is 5.76. The van der Waals surface area contributed by atoms with Crippen molar-refractivity contribution in [3.05, 3.63) is 18.2 Å². The maximum Gasteiger partial charge on any atom is 0.123 e. The zero-order chi connectivity index (χ0) is 12.3. The van der Waals surface area contributed by atoms with Gasteiger partial charge in [0.1, 0.15) is 5.82 Å². The topological polar surface area (TPSA) is 49.9 Å². The van der Waals surface area contributed by atoms with Gasteiger partial charge in [-0.15, -0.1) is 0 Å². The molecule has 0 saturated carbocycles. The molecule has 1 aromatic rings. The van der Waals surface area contributed by atoms with Crippen molar-refractivity contribution < 1.29 is 4.74 Å². The van der Waals surface area contributed by atoms with Crippen LogP contribution in [0.2, 0.25) is 0 Å². The van der Waals surface area contributed by atoms with Crippen LogP contribution in [-0.2, 0) is 4.74 Å². The number of nitrogens with one attached hydrogen (secondary N) is 2. The van der Waals surface area contributed by atoms with E-state index in [0.717, 1.165) is 25.1 Å². The van der Waals surface area contributed by atoms with Crippen LogP contribution in [0.4, 0.5) is 0 Å². The average Bonchev–Trinajstić information content (AvgIpc) is 2.77. The van der Waals surface area contributed by atoms with Gasteiger partial charge in [-0.05, 0) is 33.1 Å². The average molecular weight is 237 g/mol. The standard InChI is InChI=1S/C13H23N3O/c1-4-12(13-14-5-6-15-13)16-11-7-9(2)17-10(3)8-11/h5-6,9-12,16H,4,7-8H2,1-3H3,(H,14,15). The van der Waals surface area contributed by atoms with Gasteiger partial charge in [-0.3, -0.25) is 0 Å². The molecule has 0 aliphatic carbocycles. The van der Waals surface area contributed by atoms with Gasteiger partial charge >= 0.3 is 0 Å². The SMILES string of the molecule is CCC(NC1CC(C)OC(C)C1)c1ncc[nH]1. The number of hydrogen-bond acceptors (Lipinski definition) is 3. The van der Waals surface area contributed by atoms with Crippen molar-refractivity contribution >= 4 is 0 Å². The van der Waals surface area contributed by atoms with Gasteiger partial charge in [-0.1, -0.05) is 6.92 Å². The second-order valence-corrected chi connectivity index (χ2v) is 5.03. The Balaban J connectivity index is 1.94. The maximum atomic E-state index is 5.76. The van der Waals surface area contributed by atoms with Crippen molar-refractivity contribution in [2.75, 3.05) is 0 Å². The molecule has 3 atom stereocenters. The lowest BCUT2D eigenvalue weighted by Gasteiger charge is -2.34. The van der Waals surface area contributed by atoms with Crippen LogP contribution in [0.15, 0.2) is 12.4 Å². The van der Waals surface area contributed by atoms with Crippen molar-refractivity contribution in [2.45, 2.75) is 64.3 Å². The Morgan fingerprint density at radius 1 is 1.47 bits per heavy atom. The molecular weight excluding hydrogens is 214 g/mol. The van der Waals surface area contributed by atoms with E-state index in [4.69, 9.17) is 4.74 Å². The number of H-pyrrole nitrogens is 1. The molecule has 2 rings (SSSR count). The summed E-state index contributed by atoms with van der Waals surface area (Å²) in [6.07, 6.45) is 7.62. The molecule has 1 aliphatic heterocycles. The van der Waals surface area contributed by atoms with Crippen LogP contribution >= 0.6 is 0 Å². The molecular formula is C13H23N3O. The number of imidazole rings is 1. The summed E-state index contributed by atoms with van der Waals surface area (Å²) >= 11 is 0. The van der Waals surface area contributed by atoms with Gasteiger partial charge in [0, 0.05) is 18.4 Å². The predicted molar refractivity (Wildman–Crippen MR) is 67.8 cm³/mol. The van der Waals surface area contributed by atoms with E-state index in [9.17, 15) is 0 Å². The zero-order valence-electron chi connectivity index (χ0n) is 10.9. The second-order valence-electron chi connectivity index (χ2n) is 5.03. The van der Waals surface area contributed by atoms with E-state index in [0.29, 0.717) is 24.3 Å². The number of rotatable bonds is 4. The van der Waals surface area contributed by atoms with Crippen molar-refractivity contribution in [1.82, 2.24) is 15.3 Å². The highest BCUT2D eigenvalue weighted by Crippen LogP contribution is 2.22. The third-order valence-electron chi connectivity index (χ3n) is 3.39. The number of hydrogen-bond donors (Lipinski definition) is 2. The molecule has 4 heteroatoms. The Morgan fingerprint density at radius 3 is 2.71 bits per heavy atom. The first-order chi connectivity index (χ1) is 8.19. The monoisotopic (exact) mass is 237 g/mol. The van der Waals surface area contributed by atoms with E-state index >= 15 is 0 Å². The highest BCUT2D eigenvalue weighted by molar-refractivity contribution is 4.96. The summed E-state index contributed by atoms with van der Waals surface area (Å²) in [7, 11) is 0. The number of nitrogens with zero attached hydrogens (tertiary/aromatic N) is 1. The second kappa shape index (κ2) is 5.65. The highest BCUT2D eigenvalue weighted by Gasteiger charge is 2.26. The van der Waals surface area contributed by atoms with E-state index in [1.165, 1.54) is 0 Å². The van der Waals surface area contributed by atoms with Gasteiger partial charge in [-0.25, -0.2) is 4.98 Å². The van der Waals surface area contributed by atoms with Crippen LogP contribution in [-0.4, -0.2) is 28.2 Å². The first kappa shape index (κ1) is 12.6. The van der Waals surface area contributed by atoms with E-state index in [1.807, 2.05) is 12.4 Å². The normalized spacial score (nSPS) is 31.4. The quantitative estimate of drug-likeness (QED) is 0.845. The molecule has 0 spiro atoms. The molecule has 17 heavy (non-hydrogen) atoms. The van der Waals surface area contributed by atoms with Crippen LogP contribution in [0.3, 0.4) is 0 Å². The minimum Gasteiger partial charge on any atom is -0.375 e. The van der Waals surface area contributed by atoms with E-state index in [1.54, 1.807) is 0 Å². The molecule has 1 saturated heterocycles. The summed E-state index contributed by atoms with van der Waals surface area (Å²) in [6, 6.07) is 0.858. The van der Waals surface area contributed by atoms with Crippen LogP contribution in [0.5, 0.6) is 0 Å². The minimum atomic E-state index is 0.326. The van der Waals surface area contributed by atoms with Crippen molar-refractivity contribution in [2.24, 2.45) is 0 Å². The lowest BCUT2D eigenvalue weighted by atomic mass is 9.98. The molecule has 0 bridgehead atoms. The van der Waals surface area contributed by atoms with Crippen LogP contribution in [0, 0.1) is 0 Å². The first-order valence-corrected chi connectivity index (χ1v) is 6.59. The molecule has 0 radical (unpaired) electrons. The summed E-state index contributed by atoms with van der Waals surface area (Å²) in [5.74, 6) is 1.04. The minimum absolute atomic E-state index is 0.326. The number of aromatic nitrogens is 2. The molecule has 0 amide bonds. The van der Waals surface area contributed by atoms with Gasteiger partial charge in [0.15, 0.2) is 0 Å². The van der Waals surface area contributed by atoms with Crippen molar-refractivity contribution in [3.8, 4) is 0 Å². The molecule has 2 N–H and O–H groups in total. The number of aromatic amines is 1. The predicted octanol–water partition coefficient (Wildman–Crippen LogP) is 2.41. The molecule has 2 heterocycles. The van der Waals surface area contributed by atoms with Crippen molar-refractivity contribution in [3.63, 3.8) is 0 Å². The molecule has 1 fully saturated rings. The van der Waals surface area contributed by atoms with Crippen LogP contribution in [0.1, 0.15) is 51.9 Å². The fourth-order valence-corrected chi connectivity index (χ4v) is 2.68.